The van der Waals surface area contributed by atoms with Crippen molar-refractivity contribution in [2.24, 2.45) is 0 Å². The van der Waals surface area contributed by atoms with Gasteiger partial charge in [0, 0.05) is 31.4 Å². The predicted octanol–water partition coefficient (Wildman–Crippen LogP) is 3.87. The summed E-state index contributed by atoms with van der Waals surface area (Å²) in [6.45, 7) is 6.29. The van der Waals surface area contributed by atoms with E-state index in [1.54, 1.807) is 0 Å². The van der Waals surface area contributed by atoms with Crippen molar-refractivity contribution < 1.29 is 4.74 Å². The summed E-state index contributed by atoms with van der Waals surface area (Å²) >= 11 is 0. The minimum absolute atomic E-state index is 0.264. The van der Waals surface area contributed by atoms with Crippen LogP contribution in [0, 0.1) is 6.92 Å². The molecule has 2 atom stereocenters. The number of fused-ring (bicyclic) bond motifs is 1. The van der Waals surface area contributed by atoms with E-state index >= 15 is 0 Å². The van der Waals surface area contributed by atoms with Crippen LogP contribution in [0.2, 0.25) is 0 Å². The van der Waals surface area contributed by atoms with Crippen LogP contribution in [0.15, 0.2) is 48.5 Å². The summed E-state index contributed by atoms with van der Waals surface area (Å²) in [4.78, 5) is 2.53. The second kappa shape index (κ2) is 7.59. The molecule has 4 rings (SSSR count). The van der Waals surface area contributed by atoms with Crippen molar-refractivity contribution in [1.29, 1.82) is 0 Å². The number of ether oxygens (including phenoxy) is 1. The quantitative estimate of drug-likeness (QED) is 0.917. The Morgan fingerprint density at radius 2 is 1.92 bits per heavy atom. The van der Waals surface area contributed by atoms with Crippen LogP contribution < -0.4 is 10.2 Å². The first-order chi connectivity index (χ1) is 12.3. The first-order valence-electron chi connectivity index (χ1n) is 9.54. The van der Waals surface area contributed by atoms with Crippen molar-refractivity contribution in [1.82, 2.24) is 5.32 Å². The molecule has 2 unspecified atom stereocenters. The molecule has 25 heavy (non-hydrogen) atoms. The third-order valence-corrected chi connectivity index (χ3v) is 5.58. The molecule has 2 aromatic carbocycles. The van der Waals surface area contributed by atoms with Crippen molar-refractivity contribution >= 4 is 5.69 Å². The molecule has 0 spiro atoms. The van der Waals surface area contributed by atoms with Gasteiger partial charge in [-0.1, -0.05) is 42.5 Å². The molecule has 2 aromatic rings. The zero-order chi connectivity index (χ0) is 17.1. The molecule has 2 aliphatic rings. The molecule has 132 valence electrons. The van der Waals surface area contributed by atoms with Crippen molar-refractivity contribution in [2.45, 2.75) is 38.3 Å². The van der Waals surface area contributed by atoms with E-state index in [4.69, 9.17) is 4.74 Å². The molecule has 0 aliphatic carbocycles. The second-order valence-electron chi connectivity index (χ2n) is 7.27. The molecule has 0 radical (unpaired) electrons. The summed E-state index contributed by atoms with van der Waals surface area (Å²) in [6.07, 6.45) is 3.56. The van der Waals surface area contributed by atoms with Gasteiger partial charge in [0.1, 0.15) is 0 Å². The van der Waals surface area contributed by atoms with Crippen molar-refractivity contribution in [3.8, 4) is 0 Å². The van der Waals surface area contributed by atoms with Gasteiger partial charge in [-0.3, -0.25) is 0 Å². The number of piperazine rings is 1. The summed E-state index contributed by atoms with van der Waals surface area (Å²) in [7, 11) is 0. The number of aryl methyl sites for hydroxylation is 1. The first-order valence-corrected chi connectivity index (χ1v) is 9.54. The molecular formula is C22H28N2O. The normalized spacial score (nSPS) is 23.3. The number of hydrogen-bond acceptors (Lipinski definition) is 3. The lowest BCUT2D eigenvalue weighted by atomic mass is 9.93. The molecular weight excluding hydrogens is 308 g/mol. The van der Waals surface area contributed by atoms with Gasteiger partial charge in [-0.05, 0) is 48.9 Å². The third kappa shape index (κ3) is 3.73. The second-order valence-corrected chi connectivity index (χ2v) is 7.27. The monoisotopic (exact) mass is 336 g/mol. The standard InChI is InChI=1S/C22H28N2O/c1-17-6-2-5-9-21(17)24-14-13-23-19(16-24)10-11-22-20-8-4-3-7-18(20)12-15-25-22/h2-9,19,22-23H,10-16H2,1H3. The van der Waals surface area contributed by atoms with Crippen molar-refractivity contribution in [3.05, 3.63) is 65.2 Å². The Morgan fingerprint density at radius 3 is 2.84 bits per heavy atom. The molecule has 2 aliphatic heterocycles. The summed E-state index contributed by atoms with van der Waals surface area (Å²) in [5.74, 6) is 0. The topological polar surface area (TPSA) is 24.5 Å². The zero-order valence-corrected chi connectivity index (χ0v) is 15.1. The van der Waals surface area contributed by atoms with E-state index < -0.39 is 0 Å². The zero-order valence-electron chi connectivity index (χ0n) is 15.1. The number of nitrogens with one attached hydrogen (secondary N) is 1. The Hall–Kier alpha value is -1.84. The fourth-order valence-electron chi connectivity index (χ4n) is 4.22. The highest BCUT2D eigenvalue weighted by Gasteiger charge is 2.24. The highest BCUT2D eigenvalue weighted by molar-refractivity contribution is 5.53. The lowest BCUT2D eigenvalue weighted by Gasteiger charge is -2.37. The Morgan fingerprint density at radius 1 is 1.08 bits per heavy atom. The van der Waals surface area contributed by atoms with Gasteiger partial charge in [-0.15, -0.1) is 0 Å². The average molecular weight is 336 g/mol. The Bertz CT molecular complexity index is 715. The molecule has 3 nitrogen and oxygen atoms in total. The van der Waals surface area contributed by atoms with Crippen LogP contribution in [0.25, 0.3) is 0 Å². The highest BCUT2D eigenvalue weighted by atomic mass is 16.5. The third-order valence-electron chi connectivity index (χ3n) is 5.58. The van der Waals surface area contributed by atoms with Crippen LogP contribution in [0.3, 0.4) is 0 Å². The molecule has 1 N–H and O–H groups in total. The lowest BCUT2D eigenvalue weighted by Crippen LogP contribution is -2.51. The SMILES string of the molecule is Cc1ccccc1N1CCNC(CCC2OCCc3ccccc32)C1. The van der Waals surface area contributed by atoms with Crippen LogP contribution in [0.1, 0.15) is 35.6 Å². The van der Waals surface area contributed by atoms with Gasteiger partial charge in [0.2, 0.25) is 0 Å². The van der Waals surface area contributed by atoms with E-state index in [0.717, 1.165) is 45.5 Å². The fourth-order valence-corrected chi connectivity index (χ4v) is 4.22. The lowest BCUT2D eigenvalue weighted by molar-refractivity contribution is 0.0333. The minimum Gasteiger partial charge on any atom is -0.373 e. The number of benzene rings is 2. The van der Waals surface area contributed by atoms with E-state index in [0.29, 0.717) is 6.04 Å². The van der Waals surface area contributed by atoms with Crippen molar-refractivity contribution in [2.75, 3.05) is 31.1 Å². The number of rotatable bonds is 4. The van der Waals surface area contributed by atoms with E-state index in [-0.39, 0.29) is 6.10 Å². The van der Waals surface area contributed by atoms with Gasteiger partial charge in [0.25, 0.3) is 0 Å². The minimum atomic E-state index is 0.264. The maximum absolute atomic E-state index is 6.08. The van der Waals surface area contributed by atoms with Gasteiger partial charge in [-0.25, -0.2) is 0 Å². The Kier molecular flexibility index (Phi) is 5.04. The van der Waals surface area contributed by atoms with Crippen LogP contribution in [0.5, 0.6) is 0 Å². The molecule has 0 bridgehead atoms. The summed E-state index contributed by atoms with van der Waals surface area (Å²) in [5.41, 5.74) is 5.62. The smallest absolute Gasteiger partial charge is 0.0828 e. The average Bonchev–Trinajstić information content (AvgIpc) is 2.67. The molecule has 1 fully saturated rings. The molecule has 1 saturated heterocycles. The van der Waals surface area contributed by atoms with Gasteiger partial charge >= 0.3 is 0 Å². The number of para-hydroxylation sites is 1. The van der Waals surface area contributed by atoms with E-state index in [2.05, 4.69) is 65.7 Å². The van der Waals surface area contributed by atoms with Gasteiger partial charge in [0.15, 0.2) is 0 Å². The predicted molar refractivity (Wildman–Crippen MR) is 103 cm³/mol. The summed E-state index contributed by atoms with van der Waals surface area (Å²) < 4.78 is 6.08. The maximum Gasteiger partial charge on any atom is 0.0828 e. The molecule has 0 saturated carbocycles. The molecule has 2 heterocycles. The first kappa shape index (κ1) is 16.6. The maximum atomic E-state index is 6.08. The summed E-state index contributed by atoms with van der Waals surface area (Å²) in [6, 6.07) is 18.0. The van der Waals surface area contributed by atoms with E-state index in [9.17, 15) is 0 Å². The van der Waals surface area contributed by atoms with E-state index in [1.807, 2.05) is 0 Å². The van der Waals surface area contributed by atoms with Crippen LogP contribution in [0.4, 0.5) is 5.69 Å². The number of nitrogens with zero attached hydrogens (tertiary/aromatic N) is 1. The largest absolute Gasteiger partial charge is 0.373 e. The van der Waals surface area contributed by atoms with Gasteiger partial charge < -0.3 is 15.0 Å². The highest BCUT2D eigenvalue weighted by Crippen LogP contribution is 2.31. The summed E-state index contributed by atoms with van der Waals surface area (Å²) in [5, 5.41) is 3.70. The number of anilines is 1. The molecule has 0 amide bonds. The van der Waals surface area contributed by atoms with Gasteiger partial charge in [0.05, 0.1) is 12.7 Å². The number of hydrogen-bond donors (Lipinski definition) is 1. The Balaban J connectivity index is 1.38. The fraction of sp³-hybridized carbons (Fsp3) is 0.455. The van der Waals surface area contributed by atoms with Gasteiger partial charge in [-0.2, -0.15) is 0 Å². The van der Waals surface area contributed by atoms with E-state index in [1.165, 1.54) is 22.4 Å². The van der Waals surface area contributed by atoms with Crippen LogP contribution >= 0.6 is 0 Å². The molecule has 0 aromatic heterocycles. The Labute approximate surface area is 151 Å². The van der Waals surface area contributed by atoms with Crippen molar-refractivity contribution in [3.63, 3.8) is 0 Å². The van der Waals surface area contributed by atoms with Crippen LogP contribution in [-0.2, 0) is 11.2 Å². The van der Waals surface area contributed by atoms with Crippen LogP contribution in [-0.4, -0.2) is 32.3 Å². The molecule has 3 heteroatoms.